The van der Waals surface area contributed by atoms with Crippen LogP contribution in [0.25, 0.3) is 5.70 Å². The molecular formula is C26H28ClNO. The van der Waals surface area contributed by atoms with Crippen molar-refractivity contribution in [2.24, 2.45) is 0 Å². The monoisotopic (exact) mass is 405 g/mol. The smallest absolute Gasteiger partial charge is 0.0872 e. The third-order valence-electron chi connectivity index (χ3n) is 5.43. The quantitative estimate of drug-likeness (QED) is 0.449. The Morgan fingerprint density at radius 3 is 2.34 bits per heavy atom. The van der Waals surface area contributed by atoms with Gasteiger partial charge in [-0.15, -0.1) is 0 Å². The van der Waals surface area contributed by atoms with Crippen molar-refractivity contribution in [3.63, 3.8) is 0 Å². The van der Waals surface area contributed by atoms with Crippen LogP contribution in [-0.2, 0) is 12.0 Å². The van der Waals surface area contributed by atoms with Gasteiger partial charge in [-0.1, -0.05) is 72.8 Å². The molecule has 0 aromatic heterocycles. The molecule has 0 fully saturated rings. The van der Waals surface area contributed by atoms with Gasteiger partial charge in [-0.3, -0.25) is 0 Å². The number of aryl methyl sites for hydroxylation is 3. The van der Waals surface area contributed by atoms with Crippen LogP contribution in [0.2, 0.25) is 5.02 Å². The first kappa shape index (κ1) is 21.2. The highest BCUT2D eigenvalue weighted by Gasteiger charge is 2.23. The maximum absolute atomic E-state index is 10.9. The van der Waals surface area contributed by atoms with Gasteiger partial charge in [0, 0.05) is 16.4 Å². The Balaban J connectivity index is 1.63. The van der Waals surface area contributed by atoms with Crippen molar-refractivity contribution >= 4 is 23.0 Å². The molecule has 0 amide bonds. The first-order chi connectivity index (χ1) is 13.8. The van der Waals surface area contributed by atoms with Crippen molar-refractivity contribution in [2.75, 3.05) is 5.32 Å². The molecule has 2 N–H and O–H groups in total. The number of rotatable bonds is 7. The zero-order chi connectivity index (χ0) is 21.0. The lowest BCUT2D eigenvalue weighted by molar-refractivity contribution is 0.0480. The molecule has 2 nitrogen and oxygen atoms in total. The van der Waals surface area contributed by atoms with E-state index in [1.165, 1.54) is 11.1 Å². The topological polar surface area (TPSA) is 32.3 Å². The number of hydrogen-bond acceptors (Lipinski definition) is 2. The molecule has 0 heterocycles. The number of benzene rings is 3. The van der Waals surface area contributed by atoms with Crippen LogP contribution in [0.15, 0.2) is 73.3 Å². The number of para-hydroxylation sites is 1. The Morgan fingerprint density at radius 2 is 1.69 bits per heavy atom. The van der Waals surface area contributed by atoms with Crippen molar-refractivity contribution in [3.05, 3.63) is 106 Å². The summed E-state index contributed by atoms with van der Waals surface area (Å²) in [5.41, 5.74) is 6.28. The molecular weight excluding hydrogens is 378 g/mol. The standard InChI is InChI=1S/C26H28ClNO/c1-18-9-14-23(17-24(18)27)26(4,29)16-15-21-10-12-22(13-11-21)20(3)28-25-8-6-5-7-19(25)2/h5-14,17,28-29H,3,15-16H2,1-2,4H3. The van der Waals surface area contributed by atoms with Crippen LogP contribution in [0.3, 0.4) is 0 Å². The van der Waals surface area contributed by atoms with Crippen molar-refractivity contribution in [1.82, 2.24) is 0 Å². The molecule has 0 radical (unpaired) electrons. The van der Waals surface area contributed by atoms with Gasteiger partial charge in [0.25, 0.3) is 0 Å². The molecule has 29 heavy (non-hydrogen) atoms. The molecule has 3 rings (SSSR count). The van der Waals surface area contributed by atoms with Gasteiger partial charge in [-0.2, -0.15) is 0 Å². The third kappa shape index (κ3) is 5.29. The third-order valence-corrected chi connectivity index (χ3v) is 5.83. The van der Waals surface area contributed by atoms with Gasteiger partial charge < -0.3 is 10.4 Å². The number of halogens is 1. The SMILES string of the molecule is C=C(Nc1ccccc1C)c1ccc(CCC(C)(O)c2ccc(C)c(Cl)c2)cc1. The lowest BCUT2D eigenvalue weighted by Crippen LogP contribution is -2.22. The van der Waals surface area contributed by atoms with Gasteiger partial charge in [-0.05, 0) is 73.6 Å². The van der Waals surface area contributed by atoms with Gasteiger partial charge in [-0.25, -0.2) is 0 Å². The Bertz CT molecular complexity index is 1010. The van der Waals surface area contributed by atoms with Crippen LogP contribution in [0, 0.1) is 13.8 Å². The molecule has 1 unspecified atom stereocenters. The molecule has 0 saturated heterocycles. The Kier molecular flexibility index (Phi) is 6.46. The molecule has 0 saturated carbocycles. The van der Waals surface area contributed by atoms with E-state index in [1.807, 2.05) is 50.2 Å². The fourth-order valence-corrected chi connectivity index (χ4v) is 3.46. The highest BCUT2D eigenvalue weighted by molar-refractivity contribution is 6.31. The lowest BCUT2D eigenvalue weighted by atomic mass is 9.89. The molecule has 1 atom stereocenters. The highest BCUT2D eigenvalue weighted by Crippen LogP contribution is 2.30. The summed E-state index contributed by atoms with van der Waals surface area (Å²) in [5.74, 6) is 0. The van der Waals surface area contributed by atoms with E-state index in [4.69, 9.17) is 11.6 Å². The first-order valence-corrected chi connectivity index (χ1v) is 10.2. The number of nitrogens with one attached hydrogen (secondary N) is 1. The molecule has 3 heteroatoms. The van der Waals surface area contributed by atoms with E-state index in [9.17, 15) is 5.11 Å². The highest BCUT2D eigenvalue weighted by atomic mass is 35.5. The van der Waals surface area contributed by atoms with E-state index in [0.29, 0.717) is 11.4 Å². The second kappa shape index (κ2) is 8.86. The first-order valence-electron chi connectivity index (χ1n) is 9.86. The maximum atomic E-state index is 10.9. The molecule has 150 valence electrons. The van der Waals surface area contributed by atoms with Crippen LogP contribution in [0.5, 0.6) is 0 Å². The summed E-state index contributed by atoms with van der Waals surface area (Å²) in [6.45, 7) is 10.0. The predicted octanol–water partition coefficient (Wildman–Crippen LogP) is 6.88. The van der Waals surface area contributed by atoms with Gasteiger partial charge in [0.2, 0.25) is 0 Å². The summed E-state index contributed by atoms with van der Waals surface area (Å²) in [6.07, 6.45) is 1.39. The lowest BCUT2D eigenvalue weighted by Gasteiger charge is -2.24. The average Bonchev–Trinajstić information content (AvgIpc) is 2.70. The van der Waals surface area contributed by atoms with E-state index < -0.39 is 5.60 Å². The van der Waals surface area contributed by atoms with Crippen molar-refractivity contribution in [2.45, 2.75) is 39.2 Å². The normalized spacial score (nSPS) is 13.0. The van der Waals surface area contributed by atoms with Crippen molar-refractivity contribution in [1.29, 1.82) is 0 Å². The molecule has 3 aromatic carbocycles. The molecule has 0 aliphatic heterocycles. The predicted molar refractivity (Wildman–Crippen MR) is 124 cm³/mol. The second-order valence-corrected chi connectivity index (χ2v) is 8.26. The zero-order valence-electron chi connectivity index (χ0n) is 17.3. The summed E-state index contributed by atoms with van der Waals surface area (Å²) in [6, 6.07) is 22.3. The maximum Gasteiger partial charge on any atom is 0.0872 e. The van der Waals surface area contributed by atoms with Gasteiger partial charge in [0.15, 0.2) is 0 Å². The van der Waals surface area contributed by atoms with Crippen LogP contribution in [0.4, 0.5) is 5.69 Å². The molecule has 0 aliphatic rings. The number of hydrogen-bond donors (Lipinski definition) is 2. The van der Waals surface area contributed by atoms with E-state index in [-0.39, 0.29) is 0 Å². The summed E-state index contributed by atoms with van der Waals surface area (Å²) >= 11 is 6.23. The van der Waals surface area contributed by atoms with Crippen molar-refractivity contribution < 1.29 is 5.11 Å². The van der Waals surface area contributed by atoms with Gasteiger partial charge >= 0.3 is 0 Å². The largest absolute Gasteiger partial charge is 0.385 e. The summed E-state index contributed by atoms with van der Waals surface area (Å²) in [4.78, 5) is 0. The summed E-state index contributed by atoms with van der Waals surface area (Å²) in [5, 5.41) is 15.0. The zero-order valence-corrected chi connectivity index (χ0v) is 18.1. The molecule has 0 bridgehead atoms. The fraction of sp³-hybridized carbons (Fsp3) is 0.231. The van der Waals surface area contributed by atoms with Crippen LogP contribution in [-0.4, -0.2) is 5.11 Å². The second-order valence-electron chi connectivity index (χ2n) is 7.85. The van der Waals surface area contributed by atoms with E-state index in [0.717, 1.165) is 34.5 Å². The summed E-state index contributed by atoms with van der Waals surface area (Å²) in [7, 11) is 0. The van der Waals surface area contributed by atoms with Gasteiger partial charge in [0.05, 0.1) is 5.60 Å². The molecule has 0 spiro atoms. The van der Waals surface area contributed by atoms with Crippen molar-refractivity contribution in [3.8, 4) is 0 Å². The van der Waals surface area contributed by atoms with E-state index >= 15 is 0 Å². The minimum atomic E-state index is -0.925. The average molecular weight is 406 g/mol. The fourth-order valence-electron chi connectivity index (χ4n) is 3.28. The number of aliphatic hydroxyl groups is 1. The number of anilines is 1. The Hall–Kier alpha value is -2.55. The van der Waals surface area contributed by atoms with Crippen LogP contribution < -0.4 is 5.32 Å². The van der Waals surface area contributed by atoms with E-state index in [1.54, 1.807) is 0 Å². The Morgan fingerprint density at radius 1 is 1.00 bits per heavy atom. The van der Waals surface area contributed by atoms with Gasteiger partial charge in [0.1, 0.15) is 0 Å². The Labute approximate surface area is 178 Å². The van der Waals surface area contributed by atoms with Crippen LogP contribution in [0.1, 0.15) is 41.2 Å². The molecule has 0 aliphatic carbocycles. The summed E-state index contributed by atoms with van der Waals surface area (Å²) < 4.78 is 0. The van der Waals surface area contributed by atoms with E-state index in [2.05, 4.69) is 49.2 Å². The minimum absolute atomic E-state index is 0.619. The minimum Gasteiger partial charge on any atom is -0.385 e. The molecule has 3 aromatic rings. The van der Waals surface area contributed by atoms with Crippen LogP contribution >= 0.6 is 11.6 Å².